The van der Waals surface area contributed by atoms with Crippen LogP contribution in [0.15, 0.2) is 6.20 Å². The lowest BCUT2D eigenvalue weighted by Gasteiger charge is -2.39. The summed E-state index contributed by atoms with van der Waals surface area (Å²) in [4.78, 5) is 28.6. The predicted molar refractivity (Wildman–Crippen MR) is 81.7 cm³/mol. The molecule has 0 bridgehead atoms. The summed E-state index contributed by atoms with van der Waals surface area (Å²) in [6.45, 7) is 5.90. The first-order valence-corrected chi connectivity index (χ1v) is 8.16. The SMILES string of the molecule is CC(C)c1ncc(C(=O)NC2(C)CCCCC2C(=O)O)s1. The first-order valence-electron chi connectivity index (χ1n) is 7.34. The number of aromatic nitrogens is 1. The summed E-state index contributed by atoms with van der Waals surface area (Å²) in [6, 6.07) is 0. The van der Waals surface area contributed by atoms with Crippen LogP contribution in [0.3, 0.4) is 0 Å². The predicted octanol–water partition coefficient (Wildman–Crippen LogP) is 3.03. The van der Waals surface area contributed by atoms with Crippen molar-refractivity contribution < 1.29 is 14.7 Å². The Bertz CT molecular complexity index is 541. The summed E-state index contributed by atoms with van der Waals surface area (Å²) in [5, 5.41) is 13.2. The monoisotopic (exact) mass is 310 g/mol. The molecule has 1 saturated carbocycles. The van der Waals surface area contributed by atoms with Gasteiger partial charge < -0.3 is 10.4 Å². The van der Waals surface area contributed by atoms with E-state index in [9.17, 15) is 14.7 Å². The Labute approximate surface area is 128 Å². The molecule has 116 valence electrons. The fourth-order valence-corrected chi connectivity index (χ4v) is 3.68. The van der Waals surface area contributed by atoms with Crippen molar-refractivity contribution in [2.24, 2.45) is 5.92 Å². The summed E-state index contributed by atoms with van der Waals surface area (Å²) in [5.41, 5.74) is -0.677. The minimum absolute atomic E-state index is 0.213. The number of thiazole rings is 1. The van der Waals surface area contributed by atoms with Gasteiger partial charge >= 0.3 is 5.97 Å². The Hall–Kier alpha value is -1.43. The van der Waals surface area contributed by atoms with Gasteiger partial charge in [-0.2, -0.15) is 0 Å². The van der Waals surface area contributed by atoms with Crippen LogP contribution < -0.4 is 5.32 Å². The number of carboxylic acid groups (broad SMARTS) is 1. The maximum Gasteiger partial charge on any atom is 0.308 e. The first kappa shape index (κ1) is 15.9. The van der Waals surface area contributed by atoms with Crippen LogP contribution in [-0.2, 0) is 4.79 Å². The van der Waals surface area contributed by atoms with Crippen molar-refractivity contribution in [3.05, 3.63) is 16.1 Å². The molecule has 0 radical (unpaired) electrons. The molecule has 6 heteroatoms. The third-order valence-corrected chi connectivity index (χ3v) is 5.44. The highest BCUT2D eigenvalue weighted by molar-refractivity contribution is 7.13. The van der Waals surface area contributed by atoms with Gasteiger partial charge in [0.25, 0.3) is 5.91 Å². The van der Waals surface area contributed by atoms with Crippen LogP contribution in [0.1, 0.15) is 67.1 Å². The molecular weight excluding hydrogens is 288 g/mol. The van der Waals surface area contributed by atoms with Crippen molar-refractivity contribution in [2.45, 2.75) is 57.9 Å². The minimum atomic E-state index is -0.829. The molecule has 0 spiro atoms. The molecule has 1 heterocycles. The lowest BCUT2D eigenvalue weighted by molar-refractivity contribution is -0.145. The molecule has 2 unspecified atom stereocenters. The van der Waals surface area contributed by atoms with Crippen LogP contribution in [-0.4, -0.2) is 27.5 Å². The Morgan fingerprint density at radius 2 is 2.19 bits per heavy atom. The number of carboxylic acids is 1. The number of hydrogen-bond donors (Lipinski definition) is 2. The average Bonchev–Trinajstić information content (AvgIpc) is 2.88. The number of amides is 1. The van der Waals surface area contributed by atoms with Gasteiger partial charge in [-0.15, -0.1) is 11.3 Å². The number of aliphatic carboxylic acids is 1. The molecule has 2 atom stereocenters. The van der Waals surface area contributed by atoms with Gasteiger partial charge in [0, 0.05) is 5.92 Å². The van der Waals surface area contributed by atoms with Gasteiger partial charge in [-0.3, -0.25) is 9.59 Å². The van der Waals surface area contributed by atoms with Crippen LogP contribution in [0, 0.1) is 5.92 Å². The molecule has 0 aromatic carbocycles. The Morgan fingerprint density at radius 1 is 1.48 bits per heavy atom. The lowest BCUT2D eigenvalue weighted by atomic mass is 9.74. The second kappa shape index (κ2) is 6.13. The Kier molecular flexibility index (Phi) is 4.66. The summed E-state index contributed by atoms with van der Waals surface area (Å²) in [7, 11) is 0. The van der Waals surface area contributed by atoms with E-state index in [1.165, 1.54) is 11.3 Å². The molecule has 1 amide bonds. The molecule has 1 aliphatic rings. The number of carbonyl (C=O) groups is 2. The maximum absolute atomic E-state index is 12.4. The van der Waals surface area contributed by atoms with E-state index in [0.29, 0.717) is 17.7 Å². The molecule has 2 rings (SSSR count). The average molecular weight is 310 g/mol. The van der Waals surface area contributed by atoms with Crippen molar-refractivity contribution in [1.82, 2.24) is 10.3 Å². The minimum Gasteiger partial charge on any atom is -0.481 e. The number of rotatable bonds is 4. The van der Waals surface area contributed by atoms with Gasteiger partial charge in [-0.05, 0) is 19.8 Å². The van der Waals surface area contributed by atoms with Gasteiger partial charge in [0.05, 0.1) is 22.7 Å². The van der Waals surface area contributed by atoms with E-state index in [2.05, 4.69) is 10.3 Å². The van der Waals surface area contributed by atoms with Gasteiger partial charge in [0.1, 0.15) is 4.88 Å². The van der Waals surface area contributed by atoms with Crippen LogP contribution in [0.25, 0.3) is 0 Å². The van der Waals surface area contributed by atoms with Gasteiger partial charge in [-0.25, -0.2) is 4.98 Å². The van der Waals surface area contributed by atoms with Crippen molar-refractivity contribution in [3.63, 3.8) is 0 Å². The Morgan fingerprint density at radius 3 is 2.76 bits per heavy atom. The maximum atomic E-state index is 12.4. The molecule has 1 aromatic rings. The molecule has 0 aliphatic heterocycles. The highest BCUT2D eigenvalue weighted by atomic mass is 32.1. The number of hydrogen-bond acceptors (Lipinski definition) is 4. The summed E-state index contributed by atoms with van der Waals surface area (Å²) in [5.74, 6) is -1.28. The third-order valence-electron chi connectivity index (χ3n) is 4.15. The zero-order valence-corrected chi connectivity index (χ0v) is 13.5. The zero-order chi connectivity index (χ0) is 15.6. The van der Waals surface area contributed by atoms with E-state index in [-0.39, 0.29) is 11.8 Å². The normalized spacial score (nSPS) is 25.8. The Balaban J connectivity index is 2.14. The van der Waals surface area contributed by atoms with Gasteiger partial charge in [0.2, 0.25) is 0 Å². The number of nitrogens with one attached hydrogen (secondary N) is 1. The van der Waals surface area contributed by atoms with E-state index in [0.717, 1.165) is 17.8 Å². The third kappa shape index (κ3) is 3.43. The largest absolute Gasteiger partial charge is 0.481 e. The zero-order valence-electron chi connectivity index (χ0n) is 12.7. The standard InChI is InChI=1S/C15H22N2O3S/c1-9(2)13-16-8-11(21-13)12(18)17-15(3)7-5-4-6-10(15)14(19)20/h8-10H,4-7H2,1-3H3,(H,17,18)(H,19,20). The summed E-state index contributed by atoms with van der Waals surface area (Å²) >= 11 is 1.38. The molecule has 21 heavy (non-hydrogen) atoms. The van der Waals surface area contributed by atoms with Crippen LogP contribution in [0.2, 0.25) is 0 Å². The van der Waals surface area contributed by atoms with Crippen molar-refractivity contribution in [1.29, 1.82) is 0 Å². The molecule has 2 N–H and O–H groups in total. The molecular formula is C15H22N2O3S. The second-order valence-corrected chi connectivity index (χ2v) is 7.29. The van der Waals surface area contributed by atoms with E-state index >= 15 is 0 Å². The number of nitrogens with zero attached hydrogens (tertiary/aromatic N) is 1. The van der Waals surface area contributed by atoms with Crippen molar-refractivity contribution >= 4 is 23.2 Å². The fourth-order valence-electron chi connectivity index (χ4n) is 2.86. The molecule has 1 aliphatic carbocycles. The molecule has 1 aromatic heterocycles. The smallest absolute Gasteiger partial charge is 0.308 e. The summed E-state index contributed by atoms with van der Waals surface area (Å²) in [6.07, 6.45) is 4.75. The lowest BCUT2D eigenvalue weighted by Crippen LogP contribution is -2.55. The van der Waals surface area contributed by atoms with E-state index in [1.54, 1.807) is 6.20 Å². The van der Waals surface area contributed by atoms with Gasteiger partial charge in [0.15, 0.2) is 0 Å². The topological polar surface area (TPSA) is 79.3 Å². The van der Waals surface area contributed by atoms with Crippen molar-refractivity contribution in [2.75, 3.05) is 0 Å². The van der Waals surface area contributed by atoms with E-state index < -0.39 is 17.4 Å². The van der Waals surface area contributed by atoms with Crippen LogP contribution in [0.5, 0.6) is 0 Å². The highest BCUT2D eigenvalue weighted by Gasteiger charge is 2.42. The van der Waals surface area contributed by atoms with Gasteiger partial charge in [-0.1, -0.05) is 26.7 Å². The molecule has 1 fully saturated rings. The quantitative estimate of drug-likeness (QED) is 0.896. The van der Waals surface area contributed by atoms with E-state index in [4.69, 9.17) is 0 Å². The first-order chi connectivity index (χ1) is 9.83. The molecule has 5 nitrogen and oxygen atoms in total. The van der Waals surface area contributed by atoms with E-state index in [1.807, 2.05) is 20.8 Å². The highest BCUT2D eigenvalue weighted by Crippen LogP contribution is 2.34. The number of carbonyl (C=O) groups excluding carboxylic acids is 1. The van der Waals surface area contributed by atoms with Crippen molar-refractivity contribution in [3.8, 4) is 0 Å². The summed E-state index contributed by atoms with van der Waals surface area (Å²) < 4.78 is 0. The molecule has 0 saturated heterocycles. The fraction of sp³-hybridized carbons (Fsp3) is 0.667. The second-order valence-electron chi connectivity index (χ2n) is 6.23. The van der Waals surface area contributed by atoms with Crippen LogP contribution in [0.4, 0.5) is 0 Å². The van der Waals surface area contributed by atoms with Crippen LogP contribution >= 0.6 is 11.3 Å².